The van der Waals surface area contributed by atoms with Gasteiger partial charge in [-0.25, -0.2) is 0 Å². The first-order valence-electron chi connectivity index (χ1n) is 5.27. The number of alkyl halides is 3. The third-order valence-corrected chi connectivity index (χ3v) is 3.07. The molecule has 1 rings (SSSR count). The van der Waals surface area contributed by atoms with Gasteiger partial charge in [0.2, 0.25) is 0 Å². The van der Waals surface area contributed by atoms with Crippen molar-refractivity contribution in [2.75, 3.05) is 33.2 Å². The monoisotopic (exact) mass is 224 g/mol. The molecule has 0 bridgehead atoms. The van der Waals surface area contributed by atoms with E-state index in [9.17, 15) is 13.2 Å². The van der Waals surface area contributed by atoms with Crippen molar-refractivity contribution in [2.45, 2.75) is 25.9 Å². The molecular formula is C10H19F3N2. The first-order valence-corrected chi connectivity index (χ1v) is 5.27. The minimum atomic E-state index is -4.10. The molecule has 0 aromatic heterocycles. The van der Waals surface area contributed by atoms with E-state index < -0.39 is 12.7 Å². The smallest absolute Gasteiger partial charge is 0.308 e. The molecule has 1 N–H and O–H groups in total. The lowest BCUT2D eigenvalue weighted by Gasteiger charge is -2.38. The van der Waals surface area contributed by atoms with E-state index in [-0.39, 0.29) is 5.41 Å². The molecule has 90 valence electrons. The van der Waals surface area contributed by atoms with Crippen molar-refractivity contribution in [1.29, 1.82) is 0 Å². The third-order valence-electron chi connectivity index (χ3n) is 3.07. The van der Waals surface area contributed by atoms with Crippen molar-refractivity contribution < 1.29 is 13.2 Å². The van der Waals surface area contributed by atoms with Gasteiger partial charge < -0.3 is 10.2 Å². The first-order chi connectivity index (χ1) is 6.81. The molecule has 0 aromatic rings. The Morgan fingerprint density at radius 1 is 1.27 bits per heavy atom. The second-order valence-corrected chi connectivity index (χ2v) is 4.83. The molecule has 1 saturated heterocycles. The maximum absolute atomic E-state index is 11.9. The summed E-state index contributed by atoms with van der Waals surface area (Å²) in [5.41, 5.74) is 0.0256. The van der Waals surface area contributed by atoms with E-state index >= 15 is 0 Å². The molecule has 1 fully saturated rings. The highest BCUT2D eigenvalue weighted by Gasteiger charge is 2.31. The van der Waals surface area contributed by atoms with Crippen LogP contribution in [0.2, 0.25) is 0 Å². The highest BCUT2D eigenvalue weighted by Crippen LogP contribution is 2.29. The van der Waals surface area contributed by atoms with Crippen molar-refractivity contribution in [1.82, 2.24) is 10.2 Å². The van der Waals surface area contributed by atoms with Crippen molar-refractivity contribution in [3.05, 3.63) is 0 Å². The summed E-state index contributed by atoms with van der Waals surface area (Å²) in [6, 6.07) is 0. The second-order valence-electron chi connectivity index (χ2n) is 4.83. The number of hydrogen-bond acceptors (Lipinski definition) is 2. The number of likely N-dealkylation sites (tertiary alicyclic amines) is 1. The Morgan fingerprint density at radius 3 is 2.27 bits per heavy atom. The summed E-state index contributed by atoms with van der Waals surface area (Å²) >= 11 is 0. The van der Waals surface area contributed by atoms with Crippen LogP contribution in [-0.4, -0.2) is 44.3 Å². The van der Waals surface area contributed by atoms with Crippen LogP contribution in [0.15, 0.2) is 0 Å². The van der Waals surface area contributed by atoms with Crippen LogP contribution in [0.25, 0.3) is 0 Å². The number of hydrogen-bond donors (Lipinski definition) is 1. The van der Waals surface area contributed by atoms with Crippen molar-refractivity contribution in [2.24, 2.45) is 5.41 Å². The minimum Gasteiger partial charge on any atom is -0.308 e. The summed E-state index contributed by atoms with van der Waals surface area (Å²) in [7, 11) is 2.04. The topological polar surface area (TPSA) is 15.3 Å². The molecule has 2 nitrogen and oxygen atoms in total. The Hall–Kier alpha value is -0.290. The quantitative estimate of drug-likeness (QED) is 0.787. The lowest BCUT2D eigenvalue weighted by Crippen LogP contribution is -2.43. The summed E-state index contributed by atoms with van der Waals surface area (Å²) in [6.45, 7) is 3.59. The molecule has 15 heavy (non-hydrogen) atoms. The van der Waals surface area contributed by atoms with Gasteiger partial charge in [-0.3, -0.25) is 0 Å². The summed E-state index contributed by atoms with van der Waals surface area (Å²) in [5.74, 6) is 0. The van der Waals surface area contributed by atoms with Gasteiger partial charge in [-0.1, -0.05) is 6.92 Å². The van der Waals surface area contributed by atoms with Crippen molar-refractivity contribution in [3.63, 3.8) is 0 Å². The largest absolute Gasteiger partial charge is 0.401 e. The molecule has 0 amide bonds. The van der Waals surface area contributed by atoms with Crippen LogP contribution in [0.4, 0.5) is 13.2 Å². The van der Waals surface area contributed by atoms with E-state index in [0.717, 1.165) is 25.9 Å². The van der Waals surface area contributed by atoms with Gasteiger partial charge in [0.05, 0.1) is 6.54 Å². The zero-order chi connectivity index (χ0) is 11.5. The molecular weight excluding hydrogens is 205 g/mol. The van der Waals surface area contributed by atoms with E-state index in [4.69, 9.17) is 0 Å². The average Bonchev–Trinajstić information content (AvgIpc) is 2.09. The highest BCUT2D eigenvalue weighted by atomic mass is 19.4. The lowest BCUT2D eigenvalue weighted by atomic mass is 9.80. The van der Waals surface area contributed by atoms with Crippen LogP contribution in [-0.2, 0) is 0 Å². The fourth-order valence-corrected chi connectivity index (χ4v) is 1.84. The maximum Gasteiger partial charge on any atom is 0.401 e. The summed E-state index contributed by atoms with van der Waals surface area (Å²) in [5, 5.41) is 2.51. The number of nitrogens with one attached hydrogen (secondary N) is 1. The van der Waals surface area contributed by atoms with Crippen LogP contribution in [0.1, 0.15) is 19.8 Å². The molecule has 0 spiro atoms. The molecule has 1 aliphatic rings. The van der Waals surface area contributed by atoms with Crippen LogP contribution in [0.5, 0.6) is 0 Å². The first kappa shape index (κ1) is 12.8. The molecule has 0 atom stereocenters. The Labute approximate surface area is 88.8 Å². The summed E-state index contributed by atoms with van der Waals surface area (Å²) in [6.07, 6.45) is -2.16. The van der Waals surface area contributed by atoms with E-state index in [1.165, 1.54) is 0 Å². The summed E-state index contributed by atoms with van der Waals surface area (Å²) in [4.78, 5) is 2.21. The second kappa shape index (κ2) is 4.70. The predicted octanol–water partition coefficient (Wildman–Crippen LogP) is 1.87. The van der Waals surface area contributed by atoms with Crippen LogP contribution >= 0.6 is 0 Å². The van der Waals surface area contributed by atoms with Crippen LogP contribution in [0, 0.1) is 5.41 Å². The molecule has 0 aromatic carbocycles. The van der Waals surface area contributed by atoms with E-state index in [2.05, 4.69) is 17.1 Å². The van der Waals surface area contributed by atoms with Gasteiger partial charge >= 0.3 is 6.18 Å². The van der Waals surface area contributed by atoms with E-state index in [0.29, 0.717) is 6.54 Å². The van der Waals surface area contributed by atoms with E-state index in [1.54, 1.807) is 0 Å². The van der Waals surface area contributed by atoms with Gasteiger partial charge in [0.15, 0.2) is 0 Å². The highest BCUT2D eigenvalue weighted by molar-refractivity contribution is 4.83. The van der Waals surface area contributed by atoms with Crippen LogP contribution in [0.3, 0.4) is 0 Å². The molecule has 5 heteroatoms. The predicted molar refractivity (Wildman–Crippen MR) is 53.8 cm³/mol. The SMILES string of the molecule is CN1CCC(C)(CNCC(F)(F)F)CC1. The summed E-state index contributed by atoms with van der Waals surface area (Å²) < 4.78 is 35.8. The van der Waals surface area contributed by atoms with Gasteiger partial charge in [-0.05, 0) is 38.4 Å². The third kappa shape index (κ3) is 4.84. The maximum atomic E-state index is 11.9. The van der Waals surface area contributed by atoms with Gasteiger partial charge in [-0.15, -0.1) is 0 Å². The minimum absolute atomic E-state index is 0.0256. The molecule has 1 heterocycles. The van der Waals surface area contributed by atoms with Gasteiger partial charge in [0.1, 0.15) is 0 Å². The molecule has 0 unspecified atom stereocenters. The number of nitrogens with zero attached hydrogens (tertiary/aromatic N) is 1. The Morgan fingerprint density at radius 2 is 1.80 bits per heavy atom. The normalized spacial score (nSPS) is 23.0. The van der Waals surface area contributed by atoms with E-state index in [1.807, 2.05) is 7.05 Å². The zero-order valence-corrected chi connectivity index (χ0v) is 9.32. The van der Waals surface area contributed by atoms with Gasteiger partial charge in [0, 0.05) is 6.54 Å². The van der Waals surface area contributed by atoms with Crippen molar-refractivity contribution in [3.8, 4) is 0 Å². The number of piperidine rings is 1. The van der Waals surface area contributed by atoms with Gasteiger partial charge in [-0.2, -0.15) is 13.2 Å². The lowest BCUT2D eigenvalue weighted by molar-refractivity contribution is -0.125. The fourth-order valence-electron chi connectivity index (χ4n) is 1.84. The standard InChI is InChI=1S/C10H19F3N2/c1-9(3-5-15(2)6-4-9)7-14-8-10(11,12)13/h14H,3-8H2,1-2H3. The Kier molecular flexibility index (Phi) is 4.00. The molecule has 0 radical (unpaired) electrons. The van der Waals surface area contributed by atoms with Crippen LogP contribution < -0.4 is 5.32 Å². The molecule has 1 aliphatic heterocycles. The number of halogens is 3. The number of rotatable bonds is 3. The fraction of sp³-hybridized carbons (Fsp3) is 1.00. The van der Waals surface area contributed by atoms with Gasteiger partial charge in [0.25, 0.3) is 0 Å². The molecule has 0 aliphatic carbocycles. The Balaban J connectivity index is 2.25. The Bertz CT molecular complexity index is 195. The zero-order valence-electron chi connectivity index (χ0n) is 9.32. The average molecular weight is 224 g/mol. The van der Waals surface area contributed by atoms with Crippen molar-refractivity contribution >= 4 is 0 Å². The molecule has 0 saturated carbocycles.